The van der Waals surface area contributed by atoms with Gasteiger partial charge in [0, 0.05) is 26.7 Å². The van der Waals surface area contributed by atoms with E-state index in [0.29, 0.717) is 30.6 Å². The maximum atomic E-state index is 5.70. The van der Waals surface area contributed by atoms with E-state index in [4.69, 9.17) is 9.15 Å². The lowest BCUT2D eigenvalue weighted by Crippen LogP contribution is -2.40. The van der Waals surface area contributed by atoms with Gasteiger partial charge in [-0.15, -0.1) is 5.10 Å². The first-order valence-corrected chi connectivity index (χ1v) is 8.78. The van der Waals surface area contributed by atoms with Gasteiger partial charge in [0.15, 0.2) is 11.7 Å². The number of nitrogens with one attached hydrogen (secondary N) is 2. The molecular weight excluding hydrogens is 320 g/mol. The molecule has 0 aliphatic heterocycles. The van der Waals surface area contributed by atoms with Gasteiger partial charge in [0.1, 0.15) is 12.4 Å². The highest BCUT2D eigenvalue weighted by molar-refractivity contribution is 5.79. The number of nitrogens with zero attached hydrogens (tertiary/aromatic N) is 4. The predicted molar refractivity (Wildman–Crippen MR) is 95.1 cm³/mol. The molecule has 2 N–H and O–H groups in total. The van der Waals surface area contributed by atoms with Gasteiger partial charge in [0.25, 0.3) is 0 Å². The summed E-state index contributed by atoms with van der Waals surface area (Å²) in [5.41, 5.74) is 0. The summed E-state index contributed by atoms with van der Waals surface area (Å²) in [6.07, 6.45) is 4.24. The summed E-state index contributed by atoms with van der Waals surface area (Å²) >= 11 is 0. The summed E-state index contributed by atoms with van der Waals surface area (Å²) < 4.78 is 11.0. The van der Waals surface area contributed by atoms with Gasteiger partial charge in [-0.1, -0.05) is 0 Å². The van der Waals surface area contributed by atoms with Gasteiger partial charge in [-0.3, -0.25) is 5.10 Å². The molecule has 3 rings (SSSR count). The molecule has 1 saturated carbocycles. The molecule has 136 valence electrons. The Morgan fingerprint density at radius 3 is 3.12 bits per heavy atom. The lowest BCUT2D eigenvalue weighted by Gasteiger charge is -2.21. The summed E-state index contributed by atoms with van der Waals surface area (Å²) in [5.74, 6) is 3.50. The Morgan fingerprint density at radius 1 is 1.52 bits per heavy atom. The Kier molecular flexibility index (Phi) is 6.05. The molecule has 0 spiro atoms. The standard InChI is InChI=1S/C17H26N6O2/c1-3-18-17(23(2)8-10-24-12-13-6-7-13)19-11-15-20-16(22-21-15)14-5-4-9-25-14/h4-5,9,13H,3,6-8,10-12H2,1-2H3,(H,18,19)(H,20,21,22). The van der Waals surface area contributed by atoms with Crippen molar-refractivity contribution < 1.29 is 9.15 Å². The minimum atomic E-state index is 0.420. The van der Waals surface area contributed by atoms with Gasteiger partial charge in [0.05, 0.1) is 12.9 Å². The molecule has 0 aromatic carbocycles. The average Bonchev–Trinajstić information content (AvgIpc) is 3.09. The van der Waals surface area contributed by atoms with Gasteiger partial charge < -0.3 is 19.4 Å². The number of guanidine groups is 1. The molecule has 8 heteroatoms. The molecule has 2 aromatic heterocycles. The first-order valence-electron chi connectivity index (χ1n) is 8.78. The highest BCUT2D eigenvalue weighted by Gasteiger charge is 2.21. The SMILES string of the molecule is CCNC(=NCc1nc(-c2ccco2)n[nH]1)N(C)CCOCC1CC1. The highest BCUT2D eigenvalue weighted by atomic mass is 16.5. The van der Waals surface area contributed by atoms with Crippen molar-refractivity contribution in [2.24, 2.45) is 10.9 Å². The normalized spacial score (nSPS) is 14.7. The number of ether oxygens (including phenoxy) is 1. The van der Waals surface area contributed by atoms with E-state index in [1.54, 1.807) is 6.26 Å². The van der Waals surface area contributed by atoms with Crippen LogP contribution in [0.15, 0.2) is 27.8 Å². The van der Waals surface area contributed by atoms with Crippen LogP contribution in [0.1, 0.15) is 25.6 Å². The fourth-order valence-corrected chi connectivity index (χ4v) is 2.34. The van der Waals surface area contributed by atoms with E-state index in [2.05, 4.69) is 37.3 Å². The number of H-pyrrole nitrogens is 1. The van der Waals surface area contributed by atoms with Crippen LogP contribution >= 0.6 is 0 Å². The molecule has 0 saturated heterocycles. The van der Waals surface area contributed by atoms with Crippen LogP contribution in [0.4, 0.5) is 0 Å². The molecule has 0 amide bonds. The van der Waals surface area contributed by atoms with Gasteiger partial charge in [0.2, 0.25) is 5.82 Å². The fourth-order valence-electron chi connectivity index (χ4n) is 2.34. The molecule has 2 heterocycles. The topological polar surface area (TPSA) is 91.6 Å². The van der Waals surface area contributed by atoms with E-state index in [1.165, 1.54) is 12.8 Å². The zero-order valence-electron chi connectivity index (χ0n) is 14.9. The van der Waals surface area contributed by atoms with Gasteiger partial charge in [-0.25, -0.2) is 9.98 Å². The molecule has 25 heavy (non-hydrogen) atoms. The van der Waals surface area contributed by atoms with E-state index in [-0.39, 0.29) is 0 Å². The van der Waals surface area contributed by atoms with E-state index < -0.39 is 0 Å². The van der Waals surface area contributed by atoms with Crippen molar-refractivity contribution in [3.05, 3.63) is 24.2 Å². The zero-order chi connectivity index (χ0) is 17.5. The van der Waals surface area contributed by atoms with Crippen LogP contribution in [0.25, 0.3) is 11.6 Å². The second-order valence-electron chi connectivity index (χ2n) is 6.19. The molecule has 1 aliphatic rings. The third-order valence-corrected chi connectivity index (χ3v) is 3.97. The molecule has 0 atom stereocenters. The number of hydrogen-bond donors (Lipinski definition) is 2. The summed E-state index contributed by atoms with van der Waals surface area (Å²) in [5, 5.41) is 10.3. The summed E-state index contributed by atoms with van der Waals surface area (Å²) in [6.45, 7) is 5.67. The number of likely N-dealkylation sites (N-methyl/N-ethyl adjacent to an activating group) is 1. The van der Waals surface area contributed by atoms with Crippen LogP contribution in [0.5, 0.6) is 0 Å². The fraction of sp³-hybridized carbons (Fsp3) is 0.588. The lowest BCUT2D eigenvalue weighted by atomic mass is 10.4. The Morgan fingerprint density at radius 2 is 2.40 bits per heavy atom. The van der Waals surface area contributed by atoms with Crippen molar-refractivity contribution in [2.75, 3.05) is 33.4 Å². The van der Waals surface area contributed by atoms with Crippen LogP contribution in [0.3, 0.4) is 0 Å². The van der Waals surface area contributed by atoms with E-state index in [1.807, 2.05) is 19.2 Å². The monoisotopic (exact) mass is 346 g/mol. The molecule has 0 radical (unpaired) electrons. The van der Waals surface area contributed by atoms with Crippen LogP contribution in [-0.2, 0) is 11.3 Å². The Labute approximate surface area is 147 Å². The number of rotatable bonds is 9. The molecule has 0 bridgehead atoms. The van der Waals surface area contributed by atoms with Crippen molar-refractivity contribution in [1.29, 1.82) is 0 Å². The van der Waals surface area contributed by atoms with Gasteiger partial charge in [-0.05, 0) is 37.8 Å². The van der Waals surface area contributed by atoms with Crippen LogP contribution < -0.4 is 5.32 Å². The molecule has 1 fully saturated rings. The van der Waals surface area contributed by atoms with Gasteiger partial charge in [-0.2, -0.15) is 0 Å². The number of furan rings is 1. The Bertz CT molecular complexity index is 662. The second kappa shape index (κ2) is 8.66. The first-order chi connectivity index (χ1) is 12.3. The van der Waals surface area contributed by atoms with Crippen LogP contribution in [-0.4, -0.2) is 59.4 Å². The summed E-state index contributed by atoms with van der Waals surface area (Å²) in [7, 11) is 2.01. The number of aromatic amines is 1. The number of aliphatic imine (C=N–C) groups is 1. The highest BCUT2D eigenvalue weighted by Crippen LogP contribution is 2.28. The molecule has 2 aromatic rings. The molecule has 8 nitrogen and oxygen atoms in total. The minimum Gasteiger partial charge on any atom is -0.461 e. The van der Waals surface area contributed by atoms with Crippen molar-refractivity contribution in [3.8, 4) is 11.6 Å². The van der Waals surface area contributed by atoms with Crippen molar-refractivity contribution in [3.63, 3.8) is 0 Å². The van der Waals surface area contributed by atoms with Gasteiger partial charge >= 0.3 is 0 Å². The minimum absolute atomic E-state index is 0.420. The zero-order valence-corrected chi connectivity index (χ0v) is 14.9. The maximum Gasteiger partial charge on any atom is 0.216 e. The quantitative estimate of drug-likeness (QED) is 0.409. The van der Waals surface area contributed by atoms with Crippen molar-refractivity contribution in [2.45, 2.75) is 26.3 Å². The number of aromatic nitrogens is 3. The maximum absolute atomic E-state index is 5.70. The first kappa shape index (κ1) is 17.5. The molecule has 1 aliphatic carbocycles. The second-order valence-corrected chi connectivity index (χ2v) is 6.19. The van der Waals surface area contributed by atoms with Crippen LogP contribution in [0.2, 0.25) is 0 Å². The third-order valence-electron chi connectivity index (χ3n) is 3.97. The largest absolute Gasteiger partial charge is 0.461 e. The third kappa shape index (κ3) is 5.32. The smallest absolute Gasteiger partial charge is 0.216 e. The molecule has 0 unspecified atom stereocenters. The van der Waals surface area contributed by atoms with E-state index in [0.717, 1.165) is 31.6 Å². The Balaban J connectivity index is 1.51. The summed E-state index contributed by atoms with van der Waals surface area (Å²) in [6, 6.07) is 3.64. The van der Waals surface area contributed by atoms with E-state index in [9.17, 15) is 0 Å². The average molecular weight is 346 g/mol. The molecular formula is C17H26N6O2. The van der Waals surface area contributed by atoms with Crippen molar-refractivity contribution >= 4 is 5.96 Å². The van der Waals surface area contributed by atoms with Crippen molar-refractivity contribution in [1.82, 2.24) is 25.4 Å². The number of hydrogen-bond acceptors (Lipinski definition) is 5. The van der Waals surface area contributed by atoms with E-state index >= 15 is 0 Å². The lowest BCUT2D eigenvalue weighted by molar-refractivity contribution is 0.115. The predicted octanol–water partition coefficient (Wildman–Crippen LogP) is 1.89. The Hall–Kier alpha value is -2.35. The van der Waals surface area contributed by atoms with Crippen LogP contribution in [0, 0.1) is 5.92 Å². The summed E-state index contributed by atoms with van der Waals surface area (Å²) in [4.78, 5) is 11.1.